The van der Waals surface area contributed by atoms with E-state index in [4.69, 9.17) is 17.3 Å². The lowest BCUT2D eigenvalue weighted by Crippen LogP contribution is -2.49. The second-order valence-electron chi connectivity index (χ2n) is 6.12. The molecule has 2 aliphatic rings. The Morgan fingerprint density at radius 1 is 1.38 bits per heavy atom. The lowest BCUT2D eigenvalue weighted by molar-refractivity contribution is 0.157. The number of aromatic nitrogens is 1. The molecule has 0 spiro atoms. The Labute approximate surface area is 149 Å². The van der Waals surface area contributed by atoms with E-state index in [1.54, 1.807) is 0 Å². The Morgan fingerprint density at radius 3 is 2.83 bits per heavy atom. The number of hydrogen-bond donors (Lipinski definition) is 2. The molecule has 1 atom stereocenters. The lowest BCUT2D eigenvalue weighted by atomic mass is 10.00. The molecule has 2 aromatic rings. The van der Waals surface area contributed by atoms with E-state index in [-0.39, 0.29) is 12.1 Å². The third kappa shape index (κ3) is 3.19. The highest BCUT2D eigenvalue weighted by Gasteiger charge is 2.30. The first-order valence-corrected chi connectivity index (χ1v) is 9.14. The molecule has 1 aromatic carbocycles. The van der Waals surface area contributed by atoms with Crippen LogP contribution in [0.15, 0.2) is 23.6 Å². The molecule has 2 amide bonds. The number of urea groups is 1. The van der Waals surface area contributed by atoms with Crippen LogP contribution in [0.3, 0.4) is 0 Å². The predicted octanol–water partition coefficient (Wildman–Crippen LogP) is 2.78. The van der Waals surface area contributed by atoms with Crippen molar-refractivity contribution in [2.45, 2.75) is 12.5 Å². The van der Waals surface area contributed by atoms with Crippen LogP contribution >= 0.6 is 22.9 Å². The highest BCUT2D eigenvalue weighted by atomic mass is 35.5. The van der Waals surface area contributed by atoms with E-state index in [1.165, 1.54) is 11.3 Å². The fourth-order valence-electron chi connectivity index (χ4n) is 2.91. The van der Waals surface area contributed by atoms with Gasteiger partial charge in [-0.15, -0.1) is 11.3 Å². The quantitative estimate of drug-likeness (QED) is 0.819. The van der Waals surface area contributed by atoms with Gasteiger partial charge in [-0.05, 0) is 18.1 Å². The molecule has 2 aliphatic heterocycles. The summed E-state index contributed by atoms with van der Waals surface area (Å²) in [6.45, 7) is 3.63. The van der Waals surface area contributed by atoms with Crippen LogP contribution in [-0.2, 0) is 0 Å². The number of hydrogen-bond acceptors (Lipinski definition) is 5. The second-order valence-corrected chi connectivity index (χ2v) is 7.42. The number of nitrogen functional groups attached to an aromatic ring is 1. The molecule has 6 nitrogen and oxygen atoms in total. The van der Waals surface area contributed by atoms with Crippen LogP contribution in [0.2, 0.25) is 5.02 Å². The number of nitrogens with two attached hydrogens (primary N) is 1. The molecule has 3 heterocycles. The second kappa shape index (κ2) is 6.23. The smallest absolute Gasteiger partial charge is 0.318 e. The third-order valence-corrected chi connectivity index (χ3v) is 5.38. The minimum Gasteiger partial charge on any atom is -0.375 e. The van der Waals surface area contributed by atoms with Crippen LogP contribution in [0.4, 0.5) is 9.93 Å². The first kappa shape index (κ1) is 15.7. The highest BCUT2D eigenvalue weighted by Crippen LogP contribution is 2.32. The van der Waals surface area contributed by atoms with E-state index < -0.39 is 0 Å². The number of anilines is 1. The molecule has 4 rings (SSSR count). The van der Waals surface area contributed by atoms with Gasteiger partial charge in [-0.25, -0.2) is 9.78 Å². The zero-order valence-electron chi connectivity index (χ0n) is 13.0. The predicted molar refractivity (Wildman–Crippen MR) is 96.0 cm³/mol. The molecule has 0 aliphatic carbocycles. The molecule has 1 aromatic heterocycles. The van der Waals surface area contributed by atoms with Crippen molar-refractivity contribution in [2.24, 2.45) is 0 Å². The Bertz CT molecular complexity index is 776. The Balaban J connectivity index is 1.49. The molecular formula is C16H18ClN5OS. The first-order valence-electron chi connectivity index (χ1n) is 7.89. The lowest BCUT2D eigenvalue weighted by Gasteiger charge is -2.33. The minimum atomic E-state index is -0.0509. The number of nitrogens with zero attached hydrogens (tertiary/aromatic N) is 3. The summed E-state index contributed by atoms with van der Waals surface area (Å²) < 4.78 is 0. The van der Waals surface area contributed by atoms with Crippen molar-refractivity contribution in [2.75, 3.05) is 32.0 Å². The minimum absolute atomic E-state index is 0.0226. The zero-order valence-corrected chi connectivity index (χ0v) is 14.6. The van der Waals surface area contributed by atoms with Crippen LogP contribution in [0.25, 0.3) is 11.3 Å². The normalized spacial score (nSPS) is 21.0. The summed E-state index contributed by atoms with van der Waals surface area (Å²) in [6, 6.07) is 5.76. The van der Waals surface area contributed by atoms with Gasteiger partial charge in [0.1, 0.15) is 0 Å². The average Bonchev–Trinajstić information content (AvgIpc) is 3.27. The summed E-state index contributed by atoms with van der Waals surface area (Å²) in [6.07, 6.45) is 0.849. The number of benzene rings is 1. The number of rotatable bonds is 4. The van der Waals surface area contributed by atoms with Crippen LogP contribution in [-0.4, -0.2) is 47.1 Å². The van der Waals surface area contributed by atoms with E-state index in [9.17, 15) is 4.79 Å². The molecule has 0 radical (unpaired) electrons. The molecule has 2 fully saturated rings. The van der Waals surface area contributed by atoms with Crippen LogP contribution in [0.5, 0.6) is 0 Å². The van der Waals surface area contributed by atoms with Gasteiger partial charge in [0.15, 0.2) is 5.13 Å². The van der Waals surface area contributed by atoms with Crippen molar-refractivity contribution in [3.8, 4) is 11.3 Å². The average molecular weight is 364 g/mol. The number of carbonyl (C=O) groups is 1. The van der Waals surface area contributed by atoms with E-state index in [0.717, 1.165) is 49.5 Å². The molecular weight excluding hydrogens is 346 g/mol. The zero-order chi connectivity index (χ0) is 16.7. The maximum absolute atomic E-state index is 12.3. The van der Waals surface area contributed by atoms with E-state index >= 15 is 0 Å². The molecule has 0 bridgehead atoms. The van der Waals surface area contributed by atoms with Gasteiger partial charge in [0.05, 0.1) is 18.4 Å². The SMILES string of the molecule is Nc1nc(-c2ccc(C3CCN(CN4CC4)C(=O)N3)c(Cl)c2)cs1. The van der Waals surface area contributed by atoms with Crippen LogP contribution in [0.1, 0.15) is 18.0 Å². The van der Waals surface area contributed by atoms with Gasteiger partial charge < -0.3 is 16.0 Å². The summed E-state index contributed by atoms with van der Waals surface area (Å²) in [4.78, 5) is 20.6. The number of thiazole rings is 1. The van der Waals surface area contributed by atoms with Gasteiger partial charge >= 0.3 is 6.03 Å². The monoisotopic (exact) mass is 363 g/mol. The molecule has 8 heteroatoms. The van der Waals surface area contributed by atoms with Crippen LogP contribution in [0, 0.1) is 0 Å². The topological polar surface area (TPSA) is 74.3 Å². The van der Waals surface area contributed by atoms with Crippen molar-refractivity contribution in [3.05, 3.63) is 34.2 Å². The molecule has 24 heavy (non-hydrogen) atoms. The van der Waals surface area contributed by atoms with Gasteiger partial charge in [-0.3, -0.25) is 4.90 Å². The molecule has 0 saturated carbocycles. The Morgan fingerprint density at radius 2 is 2.21 bits per heavy atom. The van der Waals surface area contributed by atoms with E-state index in [0.29, 0.717) is 10.2 Å². The fourth-order valence-corrected chi connectivity index (χ4v) is 3.79. The molecule has 1 unspecified atom stereocenters. The summed E-state index contributed by atoms with van der Waals surface area (Å²) in [5.74, 6) is 0. The standard InChI is InChI=1S/C16H18ClN5OS/c17-12-7-10(14-8-24-15(18)19-14)1-2-11(12)13-3-4-22(16(23)20-13)9-21-5-6-21/h1-2,7-8,13H,3-6,9H2,(H2,18,19)(H,20,23). The summed E-state index contributed by atoms with van der Waals surface area (Å²) in [7, 11) is 0. The van der Waals surface area contributed by atoms with Gasteiger partial charge in [-0.2, -0.15) is 0 Å². The van der Waals surface area contributed by atoms with Gasteiger partial charge in [-0.1, -0.05) is 23.7 Å². The van der Waals surface area contributed by atoms with Gasteiger partial charge in [0.2, 0.25) is 0 Å². The van der Waals surface area contributed by atoms with Gasteiger partial charge in [0.25, 0.3) is 0 Å². The van der Waals surface area contributed by atoms with Crippen molar-refractivity contribution in [1.82, 2.24) is 20.1 Å². The molecule has 126 valence electrons. The van der Waals surface area contributed by atoms with Crippen molar-refractivity contribution in [1.29, 1.82) is 0 Å². The first-order chi connectivity index (χ1) is 11.6. The van der Waals surface area contributed by atoms with Gasteiger partial charge in [0, 0.05) is 35.6 Å². The summed E-state index contributed by atoms with van der Waals surface area (Å²) in [5, 5.41) is 6.15. The number of amides is 2. The molecule has 3 N–H and O–H groups in total. The van der Waals surface area contributed by atoms with Crippen molar-refractivity contribution >= 4 is 34.1 Å². The summed E-state index contributed by atoms with van der Waals surface area (Å²) in [5.41, 5.74) is 8.39. The van der Waals surface area contributed by atoms with Crippen molar-refractivity contribution < 1.29 is 4.79 Å². The fraction of sp³-hybridized carbons (Fsp3) is 0.375. The van der Waals surface area contributed by atoms with Crippen molar-refractivity contribution in [3.63, 3.8) is 0 Å². The number of halogens is 1. The number of nitrogens with one attached hydrogen (secondary N) is 1. The number of carbonyl (C=O) groups excluding carboxylic acids is 1. The Hall–Kier alpha value is -1.83. The maximum atomic E-state index is 12.3. The summed E-state index contributed by atoms with van der Waals surface area (Å²) >= 11 is 7.87. The third-order valence-electron chi connectivity index (χ3n) is 4.38. The van der Waals surface area contributed by atoms with E-state index in [2.05, 4.69) is 15.2 Å². The maximum Gasteiger partial charge on any atom is 0.318 e. The molecule has 2 saturated heterocycles. The van der Waals surface area contributed by atoms with Crippen LogP contribution < -0.4 is 11.1 Å². The largest absolute Gasteiger partial charge is 0.375 e. The Kier molecular flexibility index (Phi) is 4.07. The van der Waals surface area contributed by atoms with E-state index in [1.807, 2.05) is 28.5 Å². The highest BCUT2D eigenvalue weighted by molar-refractivity contribution is 7.13.